The molecule has 0 aliphatic carbocycles. The van der Waals surface area contributed by atoms with E-state index in [1.54, 1.807) is 0 Å². The molecular weight excluding hydrogens is 260 g/mol. The van der Waals surface area contributed by atoms with Gasteiger partial charge < -0.3 is 10.1 Å². The normalized spacial score (nSPS) is 10.1. The summed E-state index contributed by atoms with van der Waals surface area (Å²) in [4.78, 5) is 0. The summed E-state index contributed by atoms with van der Waals surface area (Å²) in [5.41, 5.74) is 3.08. The molecule has 21 heavy (non-hydrogen) atoms. The Bertz CT molecular complexity index is 599. The molecule has 108 valence electrons. The van der Waals surface area contributed by atoms with E-state index in [0.717, 1.165) is 30.8 Å². The Labute approximate surface area is 126 Å². The molecule has 0 heterocycles. The first-order chi connectivity index (χ1) is 10.3. The third kappa shape index (κ3) is 5.29. The molecule has 0 aliphatic heterocycles. The van der Waals surface area contributed by atoms with Gasteiger partial charge in [0.2, 0.25) is 0 Å². The van der Waals surface area contributed by atoms with Crippen LogP contribution in [0.3, 0.4) is 0 Å². The maximum absolute atomic E-state index is 8.84. The minimum absolute atomic E-state index is 0.703. The molecule has 2 aromatic rings. The highest BCUT2D eigenvalue weighted by atomic mass is 16.5. The number of nitrogens with zero attached hydrogens (tertiary/aromatic N) is 1. The third-order valence-corrected chi connectivity index (χ3v) is 3.17. The molecule has 3 nitrogen and oxygen atoms in total. The SMILES string of the molecule is Cc1ccc(OCCCNCc2cccc(C#N)c2)cc1. The summed E-state index contributed by atoms with van der Waals surface area (Å²) in [7, 11) is 0. The van der Waals surface area contributed by atoms with Gasteiger partial charge in [0.05, 0.1) is 18.2 Å². The lowest BCUT2D eigenvalue weighted by Crippen LogP contribution is -2.17. The zero-order chi connectivity index (χ0) is 14.9. The van der Waals surface area contributed by atoms with Crippen LogP contribution in [0.2, 0.25) is 0 Å². The van der Waals surface area contributed by atoms with E-state index in [0.29, 0.717) is 12.2 Å². The van der Waals surface area contributed by atoms with Crippen molar-refractivity contribution in [1.82, 2.24) is 5.32 Å². The van der Waals surface area contributed by atoms with Crippen molar-refractivity contribution < 1.29 is 4.74 Å². The number of ether oxygens (including phenoxy) is 1. The van der Waals surface area contributed by atoms with E-state index in [2.05, 4.69) is 30.4 Å². The number of rotatable bonds is 7. The van der Waals surface area contributed by atoms with Gasteiger partial charge in [-0.1, -0.05) is 29.8 Å². The monoisotopic (exact) mass is 280 g/mol. The highest BCUT2D eigenvalue weighted by Crippen LogP contribution is 2.11. The van der Waals surface area contributed by atoms with Crippen molar-refractivity contribution >= 4 is 0 Å². The molecule has 2 aromatic carbocycles. The topological polar surface area (TPSA) is 45.0 Å². The molecule has 0 amide bonds. The second-order valence-electron chi connectivity index (χ2n) is 5.00. The first kappa shape index (κ1) is 15.1. The molecule has 0 fully saturated rings. The Hall–Kier alpha value is -2.31. The quantitative estimate of drug-likeness (QED) is 0.790. The molecule has 0 unspecified atom stereocenters. The number of nitriles is 1. The number of aryl methyl sites for hydroxylation is 1. The minimum atomic E-state index is 0.703. The largest absolute Gasteiger partial charge is 0.494 e. The van der Waals surface area contributed by atoms with Crippen LogP contribution in [0.15, 0.2) is 48.5 Å². The predicted molar refractivity (Wildman–Crippen MR) is 84.2 cm³/mol. The second kappa shape index (κ2) is 8.08. The molecule has 0 radical (unpaired) electrons. The molecule has 0 saturated heterocycles. The van der Waals surface area contributed by atoms with E-state index in [-0.39, 0.29) is 0 Å². The number of nitrogens with one attached hydrogen (secondary N) is 1. The fourth-order valence-electron chi connectivity index (χ4n) is 2.01. The summed E-state index contributed by atoms with van der Waals surface area (Å²) in [6.45, 7) is 4.44. The molecule has 0 spiro atoms. The van der Waals surface area contributed by atoms with Gasteiger partial charge in [-0.15, -0.1) is 0 Å². The number of hydrogen-bond donors (Lipinski definition) is 1. The molecule has 0 bridgehead atoms. The Morgan fingerprint density at radius 2 is 1.95 bits per heavy atom. The molecule has 3 heteroatoms. The van der Waals surface area contributed by atoms with Crippen molar-refractivity contribution in [3.63, 3.8) is 0 Å². The molecule has 0 aliphatic rings. The van der Waals surface area contributed by atoms with Crippen LogP contribution >= 0.6 is 0 Å². The van der Waals surface area contributed by atoms with Gasteiger partial charge in [-0.2, -0.15) is 5.26 Å². The average molecular weight is 280 g/mol. The fourth-order valence-corrected chi connectivity index (χ4v) is 2.01. The predicted octanol–water partition coefficient (Wildman–Crippen LogP) is 3.43. The molecule has 0 atom stereocenters. The Morgan fingerprint density at radius 1 is 1.14 bits per heavy atom. The minimum Gasteiger partial charge on any atom is -0.494 e. The second-order valence-corrected chi connectivity index (χ2v) is 5.00. The van der Waals surface area contributed by atoms with Crippen molar-refractivity contribution in [3.8, 4) is 11.8 Å². The van der Waals surface area contributed by atoms with Gasteiger partial charge in [-0.3, -0.25) is 0 Å². The van der Waals surface area contributed by atoms with Crippen molar-refractivity contribution in [2.24, 2.45) is 0 Å². The Morgan fingerprint density at radius 3 is 2.71 bits per heavy atom. The van der Waals surface area contributed by atoms with Gasteiger partial charge in [-0.05, 0) is 49.7 Å². The molecule has 2 rings (SSSR count). The number of hydrogen-bond acceptors (Lipinski definition) is 3. The van der Waals surface area contributed by atoms with Crippen molar-refractivity contribution in [2.75, 3.05) is 13.2 Å². The lowest BCUT2D eigenvalue weighted by atomic mass is 10.1. The maximum Gasteiger partial charge on any atom is 0.119 e. The first-order valence-electron chi connectivity index (χ1n) is 7.17. The van der Waals surface area contributed by atoms with Crippen LogP contribution in [0.1, 0.15) is 23.1 Å². The summed E-state index contributed by atoms with van der Waals surface area (Å²) in [5, 5.41) is 12.2. The van der Waals surface area contributed by atoms with E-state index >= 15 is 0 Å². The standard InChI is InChI=1S/C18H20N2O/c1-15-6-8-18(9-7-15)21-11-3-10-20-14-17-5-2-4-16(12-17)13-19/h2,4-9,12,20H,3,10-11,14H2,1H3. The summed E-state index contributed by atoms with van der Waals surface area (Å²) < 4.78 is 5.67. The first-order valence-corrected chi connectivity index (χ1v) is 7.17. The van der Waals surface area contributed by atoms with E-state index in [9.17, 15) is 0 Å². The van der Waals surface area contributed by atoms with Crippen LogP contribution in [0.25, 0.3) is 0 Å². The van der Waals surface area contributed by atoms with E-state index in [1.807, 2.05) is 36.4 Å². The van der Waals surface area contributed by atoms with Crippen LogP contribution < -0.4 is 10.1 Å². The third-order valence-electron chi connectivity index (χ3n) is 3.17. The summed E-state index contributed by atoms with van der Waals surface area (Å²) >= 11 is 0. The van der Waals surface area contributed by atoms with Gasteiger partial charge in [0, 0.05) is 6.54 Å². The van der Waals surface area contributed by atoms with E-state index in [1.165, 1.54) is 5.56 Å². The smallest absolute Gasteiger partial charge is 0.119 e. The average Bonchev–Trinajstić information content (AvgIpc) is 2.52. The molecule has 1 N–H and O–H groups in total. The summed E-state index contributed by atoms with van der Waals surface area (Å²) in [6.07, 6.45) is 0.950. The zero-order valence-corrected chi connectivity index (χ0v) is 12.3. The Balaban J connectivity index is 1.62. The zero-order valence-electron chi connectivity index (χ0n) is 12.3. The van der Waals surface area contributed by atoms with Gasteiger partial charge >= 0.3 is 0 Å². The lowest BCUT2D eigenvalue weighted by Gasteiger charge is -2.08. The van der Waals surface area contributed by atoms with E-state index in [4.69, 9.17) is 10.00 Å². The van der Waals surface area contributed by atoms with Crippen LogP contribution in [0.4, 0.5) is 0 Å². The van der Waals surface area contributed by atoms with Gasteiger partial charge in [-0.25, -0.2) is 0 Å². The van der Waals surface area contributed by atoms with Crippen LogP contribution in [0, 0.1) is 18.3 Å². The molecular formula is C18H20N2O. The molecule has 0 aromatic heterocycles. The van der Waals surface area contributed by atoms with Gasteiger partial charge in [0.15, 0.2) is 0 Å². The highest BCUT2D eigenvalue weighted by Gasteiger charge is 1.96. The number of benzene rings is 2. The van der Waals surface area contributed by atoms with Crippen molar-refractivity contribution in [1.29, 1.82) is 5.26 Å². The van der Waals surface area contributed by atoms with Crippen LogP contribution in [-0.4, -0.2) is 13.2 Å². The lowest BCUT2D eigenvalue weighted by molar-refractivity contribution is 0.308. The summed E-state index contributed by atoms with van der Waals surface area (Å²) in [6, 6.07) is 17.9. The van der Waals surface area contributed by atoms with Crippen molar-refractivity contribution in [3.05, 3.63) is 65.2 Å². The van der Waals surface area contributed by atoms with Crippen molar-refractivity contribution in [2.45, 2.75) is 19.9 Å². The van der Waals surface area contributed by atoms with Gasteiger partial charge in [0.1, 0.15) is 5.75 Å². The van der Waals surface area contributed by atoms with Gasteiger partial charge in [0.25, 0.3) is 0 Å². The Kier molecular flexibility index (Phi) is 5.81. The van der Waals surface area contributed by atoms with Crippen LogP contribution in [-0.2, 0) is 6.54 Å². The summed E-state index contributed by atoms with van der Waals surface area (Å²) in [5.74, 6) is 0.919. The highest BCUT2D eigenvalue weighted by molar-refractivity contribution is 5.32. The van der Waals surface area contributed by atoms with Crippen LogP contribution in [0.5, 0.6) is 5.75 Å². The fraction of sp³-hybridized carbons (Fsp3) is 0.278. The van der Waals surface area contributed by atoms with E-state index < -0.39 is 0 Å². The maximum atomic E-state index is 8.84. The molecule has 0 saturated carbocycles.